The second kappa shape index (κ2) is 8.19. The fourth-order valence-corrected chi connectivity index (χ4v) is 3.38. The van der Waals surface area contributed by atoms with Crippen molar-refractivity contribution in [3.63, 3.8) is 0 Å². The molecule has 0 bridgehead atoms. The van der Waals surface area contributed by atoms with E-state index >= 15 is 0 Å². The molecule has 1 unspecified atom stereocenters. The molecule has 1 atom stereocenters. The molecule has 1 saturated carbocycles. The summed E-state index contributed by atoms with van der Waals surface area (Å²) in [4.78, 5) is 0. The molecule has 0 radical (unpaired) electrons. The molecular formula is C18H35NO. The number of rotatable bonds is 9. The van der Waals surface area contributed by atoms with E-state index in [1.165, 1.54) is 44.9 Å². The Morgan fingerprint density at radius 3 is 2.40 bits per heavy atom. The number of unbranched alkanes of at least 4 members (excludes halogenated alkanes) is 1. The quantitative estimate of drug-likeness (QED) is 0.489. The van der Waals surface area contributed by atoms with Gasteiger partial charge in [0.15, 0.2) is 0 Å². The number of ether oxygens (including phenoxy) is 1. The number of allylic oxidation sites excluding steroid dienone is 1. The minimum Gasteiger partial charge on any atom is -0.377 e. The predicted molar refractivity (Wildman–Crippen MR) is 88.1 cm³/mol. The minimum atomic E-state index is 0.0475. The zero-order valence-electron chi connectivity index (χ0n) is 14.1. The molecule has 0 saturated heterocycles. The lowest BCUT2D eigenvalue weighted by atomic mass is 9.67. The van der Waals surface area contributed by atoms with E-state index in [1.54, 1.807) is 0 Å². The van der Waals surface area contributed by atoms with E-state index < -0.39 is 0 Å². The van der Waals surface area contributed by atoms with E-state index in [4.69, 9.17) is 4.74 Å². The average Bonchev–Trinajstić information content (AvgIpc) is 2.44. The van der Waals surface area contributed by atoms with E-state index in [0.29, 0.717) is 11.5 Å². The highest BCUT2D eigenvalue weighted by molar-refractivity contribution is 4.98. The molecule has 0 spiro atoms. The van der Waals surface area contributed by atoms with E-state index in [-0.39, 0.29) is 5.60 Å². The molecule has 2 heteroatoms. The maximum Gasteiger partial charge on any atom is 0.0831 e. The van der Waals surface area contributed by atoms with Crippen molar-refractivity contribution in [3.05, 3.63) is 12.7 Å². The van der Waals surface area contributed by atoms with Crippen molar-refractivity contribution in [1.29, 1.82) is 0 Å². The Morgan fingerprint density at radius 2 is 1.90 bits per heavy atom. The van der Waals surface area contributed by atoms with E-state index in [0.717, 1.165) is 13.0 Å². The summed E-state index contributed by atoms with van der Waals surface area (Å²) < 4.78 is 6.07. The highest BCUT2D eigenvalue weighted by atomic mass is 16.5. The summed E-state index contributed by atoms with van der Waals surface area (Å²) in [6, 6.07) is 0.489. The van der Waals surface area contributed by atoms with Gasteiger partial charge >= 0.3 is 0 Å². The van der Waals surface area contributed by atoms with Crippen LogP contribution in [0.2, 0.25) is 0 Å². The van der Waals surface area contributed by atoms with Gasteiger partial charge in [0.25, 0.3) is 0 Å². The van der Waals surface area contributed by atoms with Gasteiger partial charge in [-0.25, -0.2) is 0 Å². The topological polar surface area (TPSA) is 21.3 Å². The van der Waals surface area contributed by atoms with Crippen molar-refractivity contribution < 1.29 is 4.74 Å². The van der Waals surface area contributed by atoms with Crippen LogP contribution in [0, 0.1) is 5.41 Å². The van der Waals surface area contributed by atoms with Gasteiger partial charge in [-0.15, -0.1) is 6.58 Å². The van der Waals surface area contributed by atoms with Crippen LogP contribution in [0.1, 0.15) is 72.1 Å². The van der Waals surface area contributed by atoms with Crippen LogP contribution in [0.5, 0.6) is 0 Å². The van der Waals surface area contributed by atoms with Crippen molar-refractivity contribution in [2.75, 3.05) is 13.7 Å². The van der Waals surface area contributed by atoms with Crippen LogP contribution in [0.4, 0.5) is 0 Å². The molecule has 0 aromatic heterocycles. The molecule has 0 amide bonds. The zero-order valence-corrected chi connectivity index (χ0v) is 14.1. The SMILES string of the molecule is C=CCCCC(NCCC)C1(OC)CCC(C)(C)CC1. The van der Waals surface area contributed by atoms with Gasteiger partial charge in [0.05, 0.1) is 5.60 Å². The lowest BCUT2D eigenvalue weighted by molar-refractivity contribution is -0.0880. The molecule has 1 aliphatic carbocycles. The summed E-state index contributed by atoms with van der Waals surface area (Å²) in [5.41, 5.74) is 0.532. The minimum absolute atomic E-state index is 0.0475. The Hall–Kier alpha value is -0.340. The fourth-order valence-electron chi connectivity index (χ4n) is 3.38. The van der Waals surface area contributed by atoms with Crippen molar-refractivity contribution in [1.82, 2.24) is 5.32 Å². The Morgan fingerprint density at radius 1 is 1.25 bits per heavy atom. The Labute approximate surface area is 126 Å². The van der Waals surface area contributed by atoms with Gasteiger partial charge in [0, 0.05) is 13.2 Å². The standard InChI is InChI=1S/C18H35NO/c1-6-8-9-10-16(19-15-7-2)18(20-5)13-11-17(3,4)12-14-18/h6,16,19H,1,7-15H2,2-5H3. The first-order valence-electron chi connectivity index (χ1n) is 8.39. The predicted octanol–water partition coefficient (Wildman–Crippen LogP) is 4.70. The molecule has 0 heterocycles. The molecule has 118 valence electrons. The highest BCUT2D eigenvalue weighted by Crippen LogP contribution is 2.44. The van der Waals surface area contributed by atoms with Gasteiger partial charge in [0.2, 0.25) is 0 Å². The van der Waals surface area contributed by atoms with Crippen LogP contribution >= 0.6 is 0 Å². The number of methoxy groups -OCH3 is 1. The van der Waals surface area contributed by atoms with Crippen LogP contribution in [0.3, 0.4) is 0 Å². The fraction of sp³-hybridized carbons (Fsp3) is 0.889. The third kappa shape index (κ3) is 4.89. The lowest BCUT2D eigenvalue weighted by Gasteiger charge is -2.47. The summed E-state index contributed by atoms with van der Waals surface area (Å²) in [5.74, 6) is 0. The summed E-state index contributed by atoms with van der Waals surface area (Å²) in [6.45, 7) is 11.9. The van der Waals surface area contributed by atoms with Gasteiger partial charge in [-0.1, -0.05) is 26.8 Å². The molecule has 20 heavy (non-hydrogen) atoms. The first-order valence-corrected chi connectivity index (χ1v) is 8.39. The molecule has 0 aromatic carbocycles. The normalized spacial score (nSPS) is 22.4. The molecule has 1 N–H and O–H groups in total. The van der Waals surface area contributed by atoms with Crippen LogP contribution in [0.25, 0.3) is 0 Å². The average molecular weight is 281 g/mol. The number of hydrogen-bond donors (Lipinski definition) is 1. The van der Waals surface area contributed by atoms with Gasteiger partial charge in [-0.2, -0.15) is 0 Å². The van der Waals surface area contributed by atoms with Crippen LogP contribution in [0.15, 0.2) is 12.7 Å². The summed E-state index contributed by atoms with van der Waals surface area (Å²) in [7, 11) is 1.91. The van der Waals surface area contributed by atoms with Gasteiger partial charge in [-0.3, -0.25) is 0 Å². The van der Waals surface area contributed by atoms with Crippen molar-refractivity contribution in [2.45, 2.75) is 83.8 Å². The second-order valence-corrected chi connectivity index (χ2v) is 7.16. The van der Waals surface area contributed by atoms with E-state index in [2.05, 4.69) is 32.7 Å². The van der Waals surface area contributed by atoms with Gasteiger partial charge in [-0.05, 0) is 63.3 Å². The number of hydrogen-bond acceptors (Lipinski definition) is 2. The van der Waals surface area contributed by atoms with E-state index in [1.807, 2.05) is 13.2 Å². The molecule has 1 fully saturated rings. The van der Waals surface area contributed by atoms with Crippen LogP contribution < -0.4 is 5.32 Å². The van der Waals surface area contributed by atoms with Crippen LogP contribution in [-0.4, -0.2) is 25.3 Å². The van der Waals surface area contributed by atoms with Crippen molar-refractivity contribution in [3.8, 4) is 0 Å². The summed E-state index contributed by atoms with van der Waals surface area (Å²) in [6.07, 6.45) is 11.6. The first kappa shape index (κ1) is 17.7. The second-order valence-electron chi connectivity index (χ2n) is 7.16. The van der Waals surface area contributed by atoms with Gasteiger partial charge in [0.1, 0.15) is 0 Å². The smallest absolute Gasteiger partial charge is 0.0831 e. The van der Waals surface area contributed by atoms with E-state index in [9.17, 15) is 0 Å². The molecule has 0 aromatic rings. The first-order chi connectivity index (χ1) is 9.49. The number of nitrogens with one attached hydrogen (secondary N) is 1. The van der Waals surface area contributed by atoms with Crippen LogP contribution in [-0.2, 0) is 4.74 Å². The Kier molecular flexibility index (Phi) is 7.25. The Balaban J connectivity index is 2.70. The molecule has 0 aliphatic heterocycles. The highest BCUT2D eigenvalue weighted by Gasteiger charge is 2.43. The third-order valence-corrected chi connectivity index (χ3v) is 5.03. The summed E-state index contributed by atoms with van der Waals surface area (Å²) in [5, 5.41) is 3.76. The van der Waals surface area contributed by atoms with Crippen molar-refractivity contribution >= 4 is 0 Å². The third-order valence-electron chi connectivity index (χ3n) is 5.03. The lowest BCUT2D eigenvalue weighted by Crippen LogP contribution is -2.54. The molecule has 1 rings (SSSR count). The summed E-state index contributed by atoms with van der Waals surface area (Å²) >= 11 is 0. The Bertz CT molecular complexity index is 275. The zero-order chi connectivity index (χ0) is 15.1. The molecular weight excluding hydrogens is 246 g/mol. The molecule has 2 nitrogen and oxygen atoms in total. The van der Waals surface area contributed by atoms with Crippen molar-refractivity contribution in [2.24, 2.45) is 5.41 Å². The largest absolute Gasteiger partial charge is 0.377 e. The molecule has 1 aliphatic rings. The monoisotopic (exact) mass is 281 g/mol. The van der Waals surface area contributed by atoms with Gasteiger partial charge < -0.3 is 10.1 Å². The maximum absolute atomic E-state index is 6.07. The maximum atomic E-state index is 6.07.